The van der Waals surface area contributed by atoms with Crippen molar-refractivity contribution in [2.45, 2.75) is 6.42 Å². The Hall–Kier alpha value is -3.70. The minimum absolute atomic E-state index is 0.118. The predicted molar refractivity (Wildman–Crippen MR) is 123 cm³/mol. The molecule has 2 amide bonds. The third kappa shape index (κ3) is 3.53. The number of aromatic nitrogens is 1. The highest BCUT2D eigenvalue weighted by Gasteiger charge is 2.21. The molecule has 0 spiro atoms. The van der Waals surface area contributed by atoms with Crippen molar-refractivity contribution in [3.63, 3.8) is 0 Å². The van der Waals surface area contributed by atoms with Gasteiger partial charge in [-0.05, 0) is 42.3 Å². The number of benzene rings is 3. The van der Waals surface area contributed by atoms with Crippen molar-refractivity contribution in [1.82, 2.24) is 10.3 Å². The molecule has 1 aromatic heterocycles. The molecule has 0 saturated heterocycles. The third-order valence-corrected chi connectivity index (χ3v) is 5.77. The third-order valence-electron chi connectivity index (χ3n) is 5.44. The quantitative estimate of drug-likeness (QED) is 0.478. The van der Waals surface area contributed by atoms with Crippen LogP contribution in [0.3, 0.4) is 0 Å². The molecule has 0 atom stereocenters. The first-order valence-corrected chi connectivity index (χ1v) is 10.4. The molecule has 2 heterocycles. The lowest BCUT2D eigenvalue weighted by Crippen LogP contribution is -2.32. The van der Waals surface area contributed by atoms with E-state index in [2.05, 4.69) is 10.6 Å². The smallest absolute Gasteiger partial charge is 0.256 e. The Morgan fingerprint density at radius 2 is 1.74 bits per heavy atom. The van der Waals surface area contributed by atoms with Crippen molar-refractivity contribution in [1.29, 1.82) is 0 Å². The van der Waals surface area contributed by atoms with E-state index in [1.807, 2.05) is 48.5 Å². The molecule has 0 aliphatic carbocycles. The molecule has 152 valence electrons. The zero-order chi connectivity index (χ0) is 21.4. The van der Waals surface area contributed by atoms with Crippen molar-refractivity contribution in [2.24, 2.45) is 0 Å². The summed E-state index contributed by atoms with van der Waals surface area (Å²) in [5, 5.41) is 7.16. The summed E-state index contributed by atoms with van der Waals surface area (Å²) in [5.74, 6) is -0.376. The van der Waals surface area contributed by atoms with Crippen molar-refractivity contribution in [3.8, 4) is 11.3 Å². The molecule has 6 heteroatoms. The van der Waals surface area contributed by atoms with Crippen molar-refractivity contribution >= 4 is 40.0 Å². The van der Waals surface area contributed by atoms with Gasteiger partial charge in [0.05, 0.1) is 16.8 Å². The molecule has 1 aliphatic rings. The first-order chi connectivity index (χ1) is 15.1. The highest BCUT2D eigenvalue weighted by atomic mass is 35.5. The first-order valence-electron chi connectivity index (χ1n) is 9.98. The van der Waals surface area contributed by atoms with Gasteiger partial charge in [-0.2, -0.15) is 0 Å². The number of para-hydroxylation sites is 1. The summed E-state index contributed by atoms with van der Waals surface area (Å²) in [4.78, 5) is 30.3. The summed E-state index contributed by atoms with van der Waals surface area (Å²) in [6.07, 6.45) is 0.666. The second-order valence-electron chi connectivity index (χ2n) is 7.34. The highest BCUT2D eigenvalue weighted by molar-refractivity contribution is 6.33. The fourth-order valence-corrected chi connectivity index (χ4v) is 4.17. The number of nitrogens with one attached hydrogen (secondary N) is 2. The zero-order valence-corrected chi connectivity index (χ0v) is 17.2. The monoisotopic (exact) mass is 427 g/mol. The van der Waals surface area contributed by atoms with Gasteiger partial charge in [-0.1, -0.05) is 54.1 Å². The van der Waals surface area contributed by atoms with Crippen LogP contribution in [0.15, 0.2) is 72.8 Å². The molecular weight excluding hydrogens is 410 g/mol. The number of pyridine rings is 1. The molecule has 2 N–H and O–H groups in total. The molecule has 3 aromatic carbocycles. The van der Waals surface area contributed by atoms with Crippen molar-refractivity contribution in [2.75, 3.05) is 11.9 Å². The largest absolute Gasteiger partial charge is 0.352 e. The summed E-state index contributed by atoms with van der Waals surface area (Å²) < 4.78 is 0. The van der Waals surface area contributed by atoms with E-state index in [4.69, 9.17) is 16.6 Å². The van der Waals surface area contributed by atoms with Gasteiger partial charge < -0.3 is 10.6 Å². The summed E-state index contributed by atoms with van der Waals surface area (Å²) in [5.41, 5.74) is 4.70. The zero-order valence-electron chi connectivity index (χ0n) is 16.5. The minimum Gasteiger partial charge on any atom is -0.352 e. The van der Waals surface area contributed by atoms with Gasteiger partial charge in [-0.25, -0.2) is 4.98 Å². The summed E-state index contributed by atoms with van der Waals surface area (Å²) in [7, 11) is 0. The fourth-order valence-electron chi connectivity index (χ4n) is 3.94. The van der Waals surface area contributed by atoms with Crippen molar-refractivity contribution in [3.05, 3.63) is 94.5 Å². The number of rotatable bonds is 3. The van der Waals surface area contributed by atoms with Crippen LogP contribution in [0, 0.1) is 0 Å². The average molecular weight is 428 g/mol. The van der Waals surface area contributed by atoms with Gasteiger partial charge in [0.15, 0.2) is 0 Å². The number of carbonyl (C=O) groups excluding carboxylic acids is 2. The summed E-state index contributed by atoms with van der Waals surface area (Å²) in [6.45, 7) is 0.549. The Morgan fingerprint density at radius 3 is 2.61 bits per heavy atom. The summed E-state index contributed by atoms with van der Waals surface area (Å²) >= 11 is 6.39. The normalized spacial score (nSPS) is 12.9. The number of anilines is 1. The number of carbonyl (C=O) groups is 2. The Bertz CT molecular complexity index is 1350. The van der Waals surface area contributed by atoms with E-state index < -0.39 is 0 Å². The minimum atomic E-state index is -0.258. The highest BCUT2D eigenvalue weighted by Crippen LogP contribution is 2.31. The predicted octanol–water partition coefficient (Wildman–Crippen LogP) is 5.09. The molecule has 0 saturated carbocycles. The maximum absolute atomic E-state index is 13.4. The van der Waals surface area contributed by atoms with Crippen LogP contribution >= 0.6 is 11.6 Å². The topological polar surface area (TPSA) is 71.1 Å². The van der Waals surface area contributed by atoms with Crippen LogP contribution in [0.2, 0.25) is 5.02 Å². The second-order valence-corrected chi connectivity index (χ2v) is 7.75. The van der Waals surface area contributed by atoms with Gasteiger partial charge in [0, 0.05) is 33.8 Å². The Labute approximate surface area is 184 Å². The van der Waals surface area contributed by atoms with Crippen molar-refractivity contribution < 1.29 is 9.59 Å². The molecule has 31 heavy (non-hydrogen) atoms. The lowest BCUT2D eigenvalue weighted by molar-refractivity contribution is 0.0944. The molecule has 5 nitrogen and oxygen atoms in total. The maximum Gasteiger partial charge on any atom is 0.256 e. The van der Waals surface area contributed by atoms with Crippen LogP contribution in [0.5, 0.6) is 0 Å². The molecule has 0 fully saturated rings. The first kappa shape index (κ1) is 19.3. The van der Waals surface area contributed by atoms with E-state index in [0.717, 1.165) is 16.5 Å². The number of hydrogen-bond donors (Lipinski definition) is 2. The number of nitrogens with zero attached hydrogens (tertiary/aromatic N) is 1. The van der Waals surface area contributed by atoms with Gasteiger partial charge in [-0.3, -0.25) is 9.59 Å². The molecule has 0 radical (unpaired) electrons. The Kier molecular flexibility index (Phi) is 4.88. The van der Waals surface area contributed by atoms with Crippen LogP contribution in [0.1, 0.15) is 26.3 Å². The lowest BCUT2D eigenvalue weighted by atomic mass is 9.98. The molecule has 1 aliphatic heterocycles. The van der Waals surface area contributed by atoms with Crippen LogP contribution in [0.4, 0.5) is 5.69 Å². The van der Waals surface area contributed by atoms with E-state index in [9.17, 15) is 9.59 Å². The van der Waals surface area contributed by atoms with Gasteiger partial charge in [0.1, 0.15) is 0 Å². The Balaban J connectivity index is 1.60. The van der Waals surface area contributed by atoms with Gasteiger partial charge in [-0.15, -0.1) is 0 Å². The number of amides is 2. The number of fused-ring (bicyclic) bond motifs is 2. The maximum atomic E-state index is 13.4. The average Bonchev–Trinajstić information content (AvgIpc) is 2.79. The second kappa shape index (κ2) is 7.85. The van der Waals surface area contributed by atoms with E-state index in [0.29, 0.717) is 46.0 Å². The summed E-state index contributed by atoms with van der Waals surface area (Å²) in [6, 6.07) is 22.1. The van der Waals surface area contributed by atoms with Gasteiger partial charge in [0.2, 0.25) is 0 Å². The van der Waals surface area contributed by atoms with Crippen LogP contribution in [-0.2, 0) is 6.42 Å². The lowest BCUT2D eigenvalue weighted by Gasteiger charge is -2.20. The van der Waals surface area contributed by atoms with E-state index in [1.54, 1.807) is 24.3 Å². The number of halogens is 1. The molecule has 4 aromatic rings. The standard InChI is InChI=1S/C25H18ClN3O2/c26-20-9-3-1-7-18(20)23-14-19(15-6-2-4-10-21(15)28-23)25(31)29-22-11-5-8-17-16(22)12-13-27-24(17)30/h1-11,14H,12-13H2,(H,27,30)(H,29,31). The van der Waals surface area contributed by atoms with Gasteiger partial charge >= 0.3 is 0 Å². The van der Waals surface area contributed by atoms with E-state index in [-0.39, 0.29) is 11.8 Å². The van der Waals surface area contributed by atoms with E-state index in [1.165, 1.54) is 0 Å². The molecule has 0 bridgehead atoms. The van der Waals surface area contributed by atoms with E-state index >= 15 is 0 Å². The number of hydrogen-bond acceptors (Lipinski definition) is 3. The van der Waals surface area contributed by atoms with Crippen LogP contribution in [-0.4, -0.2) is 23.3 Å². The molecule has 5 rings (SSSR count). The molecule has 0 unspecified atom stereocenters. The molecular formula is C25H18ClN3O2. The Morgan fingerprint density at radius 1 is 0.968 bits per heavy atom. The van der Waals surface area contributed by atoms with Gasteiger partial charge in [0.25, 0.3) is 11.8 Å². The fraction of sp³-hybridized carbons (Fsp3) is 0.0800. The van der Waals surface area contributed by atoms with Crippen LogP contribution < -0.4 is 10.6 Å². The van der Waals surface area contributed by atoms with Crippen LogP contribution in [0.25, 0.3) is 22.2 Å². The SMILES string of the molecule is O=C1NCCc2c(NC(=O)c3cc(-c4ccccc4Cl)nc4ccccc34)cccc21.